The molecule has 3 fully saturated rings. The second-order valence-electron chi connectivity index (χ2n) is 8.05. The van der Waals surface area contributed by atoms with Gasteiger partial charge in [-0.15, -0.1) is 24.0 Å². The standard InChI is InChI=1S/C21H31N3O2.HI/c1-14-6-7-15(17(12-14)25-3)13-23-20(22-2)24-18-16-8-11-26-19(16)21(18)9-4-5-10-21;/h6-7,12,16,18-19H,4-5,8-11,13H2,1-3H3,(H2,22,23,24);1H. The number of nitrogens with zero attached hydrogens (tertiary/aromatic N) is 1. The van der Waals surface area contributed by atoms with Crippen LogP contribution in [0.15, 0.2) is 23.2 Å². The third-order valence-electron chi connectivity index (χ3n) is 6.69. The summed E-state index contributed by atoms with van der Waals surface area (Å²) in [5.74, 6) is 2.45. The van der Waals surface area contributed by atoms with E-state index in [1.807, 2.05) is 7.05 Å². The van der Waals surface area contributed by atoms with Crippen molar-refractivity contribution in [1.82, 2.24) is 10.6 Å². The SMILES string of the molecule is CN=C(NCc1ccc(C)cc1OC)NC1C2CCOC2C12CCCC2.I. The van der Waals surface area contributed by atoms with E-state index in [9.17, 15) is 0 Å². The molecule has 150 valence electrons. The number of aliphatic imine (C=N–C) groups is 1. The smallest absolute Gasteiger partial charge is 0.191 e. The molecular weight excluding hydrogens is 453 g/mol. The summed E-state index contributed by atoms with van der Waals surface area (Å²) in [6.45, 7) is 3.70. The van der Waals surface area contributed by atoms with Gasteiger partial charge in [0, 0.05) is 43.1 Å². The Kier molecular flexibility index (Phi) is 6.56. The summed E-state index contributed by atoms with van der Waals surface area (Å²) in [4.78, 5) is 4.48. The Hall–Kier alpha value is -1.02. The molecule has 2 N–H and O–H groups in total. The predicted molar refractivity (Wildman–Crippen MR) is 119 cm³/mol. The van der Waals surface area contributed by atoms with Crippen LogP contribution in [0.2, 0.25) is 0 Å². The number of ether oxygens (including phenoxy) is 2. The van der Waals surface area contributed by atoms with Gasteiger partial charge in [-0.3, -0.25) is 4.99 Å². The molecule has 1 aliphatic heterocycles. The molecule has 6 heteroatoms. The largest absolute Gasteiger partial charge is 0.496 e. The Morgan fingerprint density at radius 1 is 1.33 bits per heavy atom. The van der Waals surface area contributed by atoms with Crippen LogP contribution in [0, 0.1) is 18.3 Å². The van der Waals surface area contributed by atoms with Crippen molar-refractivity contribution >= 4 is 29.9 Å². The van der Waals surface area contributed by atoms with Gasteiger partial charge in [0.25, 0.3) is 0 Å². The first-order valence-corrected chi connectivity index (χ1v) is 9.90. The fourth-order valence-corrected chi connectivity index (χ4v) is 5.42. The molecule has 3 aliphatic rings. The molecule has 3 unspecified atom stereocenters. The molecule has 3 atom stereocenters. The summed E-state index contributed by atoms with van der Waals surface area (Å²) >= 11 is 0. The molecule has 4 rings (SSSR count). The molecule has 0 bridgehead atoms. The summed E-state index contributed by atoms with van der Waals surface area (Å²) in [5, 5.41) is 7.23. The Morgan fingerprint density at radius 3 is 2.81 bits per heavy atom. The summed E-state index contributed by atoms with van der Waals surface area (Å²) in [7, 11) is 3.58. The van der Waals surface area contributed by atoms with Crippen molar-refractivity contribution in [2.24, 2.45) is 16.3 Å². The average Bonchev–Trinajstić information content (AvgIpc) is 3.31. The fourth-order valence-electron chi connectivity index (χ4n) is 5.42. The van der Waals surface area contributed by atoms with E-state index in [-0.39, 0.29) is 24.0 Å². The molecule has 0 aromatic heterocycles. The van der Waals surface area contributed by atoms with E-state index in [1.165, 1.54) is 37.7 Å². The maximum absolute atomic E-state index is 6.09. The van der Waals surface area contributed by atoms with Crippen molar-refractivity contribution in [1.29, 1.82) is 0 Å². The summed E-state index contributed by atoms with van der Waals surface area (Å²) < 4.78 is 11.6. The quantitative estimate of drug-likeness (QED) is 0.389. The Labute approximate surface area is 179 Å². The maximum atomic E-state index is 6.09. The predicted octanol–water partition coefficient (Wildman–Crippen LogP) is 3.63. The lowest BCUT2D eigenvalue weighted by Crippen LogP contribution is -2.69. The molecule has 1 aromatic carbocycles. The topological polar surface area (TPSA) is 54.9 Å². The van der Waals surface area contributed by atoms with Crippen molar-refractivity contribution in [3.05, 3.63) is 29.3 Å². The molecule has 1 aromatic rings. The van der Waals surface area contributed by atoms with E-state index in [1.54, 1.807) is 7.11 Å². The van der Waals surface area contributed by atoms with Gasteiger partial charge in [-0.05, 0) is 37.8 Å². The second-order valence-corrected chi connectivity index (χ2v) is 8.05. The highest BCUT2D eigenvalue weighted by molar-refractivity contribution is 14.0. The van der Waals surface area contributed by atoms with Crippen molar-refractivity contribution < 1.29 is 9.47 Å². The minimum Gasteiger partial charge on any atom is -0.496 e. The van der Waals surface area contributed by atoms with Gasteiger partial charge < -0.3 is 20.1 Å². The van der Waals surface area contributed by atoms with Crippen molar-refractivity contribution in [3.63, 3.8) is 0 Å². The van der Waals surface area contributed by atoms with Crippen LogP contribution in [0.5, 0.6) is 5.75 Å². The number of methoxy groups -OCH3 is 1. The van der Waals surface area contributed by atoms with Crippen LogP contribution in [0.3, 0.4) is 0 Å². The Morgan fingerprint density at radius 2 is 2.11 bits per heavy atom. The molecule has 5 nitrogen and oxygen atoms in total. The van der Waals surface area contributed by atoms with E-state index in [2.05, 4.69) is 40.7 Å². The Bertz CT molecular complexity index is 688. The van der Waals surface area contributed by atoms with E-state index in [4.69, 9.17) is 9.47 Å². The summed E-state index contributed by atoms with van der Waals surface area (Å²) in [5.41, 5.74) is 2.69. The van der Waals surface area contributed by atoms with Crippen LogP contribution in [-0.4, -0.2) is 38.9 Å². The van der Waals surface area contributed by atoms with Crippen LogP contribution in [0.1, 0.15) is 43.2 Å². The van der Waals surface area contributed by atoms with Gasteiger partial charge in [0.1, 0.15) is 5.75 Å². The van der Waals surface area contributed by atoms with Crippen LogP contribution in [0.4, 0.5) is 0 Å². The minimum atomic E-state index is 0. The molecule has 2 saturated carbocycles. The lowest BCUT2D eigenvalue weighted by Gasteiger charge is -2.57. The lowest BCUT2D eigenvalue weighted by atomic mass is 9.54. The zero-order valence-corrected chi connectivity index (χ0v) is 18.9. The molecule has 0 radical (unpaired) electrons. The van der Waals surface area contributed by atoms with Crippen molar-refractivity contribution in [2.75, 3.05) is 20.8 Å². The molecule has 0 amide bonds. The third-order valence-corrected chi connectivity index (χ3v) is 6.69. The number of hydrogen-bond donors (Lipinski definition) is 2. The number of hydrogen-bond acceptors (Lipinski definition) is 3. The number of guanidine groups is 1. The normalized spacial score (nSPS) is 28.3. The maximum Gasteiger partial charge on any atom is 0.191 e. The van der Waals surface area contributed by atoms with Gasteiger partial charge in [0.15, 0.2) is 5.96 Å². The van der Waals surface area contributed by atoms with E-state index in [0.717, 1.165) is 23.9 Å². The lowest BCUT2D eigenvalue weighted by molar-refractivity contribution is -0.125. The van der Waals surface area contributed by atoms with Gasteiger partial charge in [-0.2, -0.15) is 0 Å². The van der Waals surface area contributed by atoms with Crippen LogP contribution < -0.4 is 15.4 Å². The number of fused-ring (bicyclic) bond motifs is 2. The molecule has 27 heavy (non-hydrogen) atoms. The van der Waals surface area contributed by atoms with Crippen LogP contribution in [-0.2, 0) is 11.3 Å². The van der Waals surface area contributed by atoms with E-state index in [0.29, 0.717) is 30.0 Å². The number of halogens is 1. The highest BCUT2D eigenvalue weighted by Gasteiger charge is 2.65. The number of nitrogens with one attached hydrogen (secondary N) is 2. The van der Waals surface area contributed by atoms with Gasteiger partial charge in [0.05, 0.1) is 13.2 Å². The van der Waals surface area contributed by atoms with Gasteiger partial charge in [-0.25, -0.2) is 0 Å². The summed E-state index contributed by atoms with van der Waals surface area (Å²) in [6.07, 6.45) is 6.88. The van der Waals surface area contributed by atoms with Crippen molar-refractivity contribution in [2.45, 2.75) is 57.7 Å². The first-order valence-electron chi connectivity index (χ1n) is 9.90. The molecular formula is C21H32IN3O2. The Balaban J connectivity index is 0.00000210. The second kappa shape index (κ2) is 8.55. The number of benzene rings is 1. The summed E-state index contributed by atoms with van der Waals surface area (Å²) in [6, 6.07) is 6.81. The van der Waals surface area contributed by atoms with Crippen LogP contribution >= 0.6 is 24.0 Å². The molecule has 1 spiro atoms. The highest BCUT2D eigenvalue weighted by Crippen LogP contribution is 2.60. The zero-order chi connectivity index (χ0) is 18.1. The minimum absolute atomic E-state index is 0. The monoisotopic (exact) mass is 485 g/mol. The van der Waals surface area contributed by atoms with Gasteiger partial charge >= 0.3 is 0 Å². The van der Waals surface area contributed by atoms with E-state index >= 15 is 0 Å². The number of rotatable bonds is 4. The third kappa shape index (κ3) is 3.67. The van der Waals surface area contributed by atoms with Gasteiger partial charge in [-0.1, -0.05) is 25.0 Å². The van der Waals surface area contributed by atoms with Crippen LogP contribution in [0.25, 0.3) is 0 Å². The number of aryl methyl sites for hydroxylation is 1. The average molecular weight is 485 g/mol. The highest BCUT2D eigenvalue weighted by atomic mass is 127. The zero-order valence-electron chi connectivity index (χ0n) is 16.6. The molecule has 1 heterocycles. The first-order chi connectivity index (χ1) is 12.7. The molecule has 2 aliphatic carbocycles. The van der Waals surface area contributed by atoms with Gasteiger partial charge in [0.2, 0.25) is 0 Å². The van der Waals surface area contributed by atoms with E-state index < -0.39 is 0 Å². The molecule has 1 saturated heterocycles. The fraction of sp³-hybridized carbons (Fsp3) is 0.667. The first kappa shape index (κ1) is 20.7. The van der Waals surface area contributed by atoms with Crippen molar-refractivity contribution in [3.8, 4) is 5.75 Å².